The molecule has 0 amide bonds. The zero-order valence-corrected chi connectivity index (χ0v) is 12.9. The number of fused-ring (bicyclic) bond motifs is 1. The Kier molecular flexibility index (Phi) is 4.31. The van der Waals surface area contributed by atoms with Gasteiger partial charge in [-0.15, -0.1) is 10.2 Å². The summed E-state index contributed by atoms with van der Waals surface area (Å²) < 4.78 is 1.99. The highest BCUT2D eigenvalue weighted by Crippen LogP contribution is 2.32. The molecule has 110 valence electrons. The number of nitrogens with zero attached hydrogens (tertiary/aromatic N) is 4. The predicted molar refractivity (Wildman–Crippen MR) is 81.0 cm³/mol. The molecular formula is C14H23N5S. The third-order valence-corrected chi connectivity index (χ3v) is 5.24. The topological polar surface area (TPSA) is 69.1 Å². The van der Waals surface area contributed by atoms with Crippen molar-refractivity contribution < 1.29 is 0 Å². The van der Waals surface area contributed by atoms with E-state index in [4.69, 9.17) is 10.8 Å². The van der Waals surface area contributed by atoms with Crippen LogP contribution in [0.25, 0.3) is 4.96 Å². The van der Waals surface area contributed by atoms with E-state index in [1.807, 2.05) is 4.52 Å². The van der Waals surface area contributed by atoms with E-state index >= 15 is 0 Å². The molecule has 3 rings (SSSR count). The van der Waals surface area contributed by atoms with Crippen LogP contribution in [0.4, 0.5) is 0 Å². The van der Waals surface area contributed by atoms with Crippen molar-refractivity contribution >= 4 is 16.3 Å². The summed E-state index contributed by atoms with van der Waals surface area (Å²) in [5.74, 6) is 2.19. The second-order valence-corrected chi connectivity index (χ2v) is 7.00. The summed E-state index contributed by atoms with van der Waals surface area (Å²) in [6, 6.07) is 0. The van der Waals surface area contributed by atoms with E-state index in [1.165, 1.54) is 32.1 Å². The van der Waals surface area contributed by atoms with Gasteiger partial charge in [-0.2, -0.15) is 9.61 Å². The molecule has 2 N–H and O–H groups in total. The van der Waals surface area contributed by atoms with E-state index in [9.17, 15) is 0 Å². The van der Waals surface area contributed by atoms with E-state index in [2.05, 4.69) is 17.1 Å². The van der Waals surface area contributed by atoms with Gasteiger partial charge in [-0.3, -0.25) is 0 Å². The molecule has 6 heteroatoms. The minimum absolute atomic E-state index is 0.552. The van der Waals surface area contributed by atoms with Gasteiger partial charge in [-0.25, -0.2) is 0 Å². The van der Waals surface area contributed by atoms with E-state index in [-0.39, 0.29) is 0 Å². The van der Waals surface area contributed by atoms with Crippen molar-refractivity contribution in [1.82, 2.24) is 19.8 Å². The average Bonchev–Trinajstić information content (AvgIpc) is 3.05. The Hall–Kier alpha value is -1.01. The van der Waals surface area contributed by atoms with Gasteiger partial charge in [0.05, 0.1) is 0 Å². The highest BCUT2D eigenvalue weighted by atomic mass is 32.1. The van der Waals surface area contributed by atoms with Crippen molar-refractivity contribution in [1.29, 1.82) is 0 Å². The van der Waals surface area contributed by atoms with Crippen LogP contribution in [-0.4, -0.2) is 26.4 Å². The van der Waals surface area contributed by atoms with Gasteiger partial charge in [-0.1, -0.05) is 37.5 Å². The largest absolute Gasteiger partial charge is 0.330 e. The van der Waals surface area contributed by atoms with Crippen molar-refractivity contribution in [2.24, 2.45) is 11.7 Å². The van der Waals surface area contributed by atoms with Crippen molar-refractivity contribution in [2.45, 2.75) is 57.8 Å². The molecule has 5 nitrogen and oxygen atoms in total. The molecule has 0 radical (unpaired) electrons. The SMILES string of the molecule is CC(CN)CCc1nn2c(C3CCCCC3)nnc2s1. The standard InChI is InChI=1S/C14H23N5S/c1-10(9-15)7-8-12-18-19-13(16-17-14(19)20-12)11-5-3-2-4-6-11/h10-11H,2-9,15H2,1H3. The predicted octanol–water partition coefficient (Wildman–Crippen LogP) is 2.76. The summed E-state index contributed by atoms with van der Waals surface area (Å²) in [7, 11) is 0. The molecular weight excluding hydrogens is 270 g/mol. The molecule has 1 atom stereocenters. The highest BCUT2D eigenvalue weighted by Gasteiger charge is 2.22. The molecule has 1 unspecified atom stereocenters. The fraction of sp³-hybridized carbons (Fsp3) is 0.786. The Morgan fingerprint density at radius 1 is 1.30 bits per heavy atom. The van der Waals surface area contributed by atoms with Crippen molar-refractivity contribution in [3.05, 3.63) is 10.8 Å². The Morgan fingerprint density at radius 3 is 2.85 bits per heavy atom. The van der Waals surface area contributed by atoms with Crippen molar-refractivity contribution in [3.63, 3.8) is 0 Å². The fourth-order valence-electron chi connectivity index (χ4n) is 2.88. The average molecular weight is 293 g/mol. The Balaban J connectivity index is 1.76. The second kappa shape index (κ2) is 6.18. The molecule has 1 saturated carbocycles. The maximum Gasteiger partial charge on any atom is 0.234 e. The van der Waals surface area contributed by atoms with Crippen LogP contribution in [0.2, 0.25) is 0 Å². The number of rotatable bonds is 5. The van der Waals surface area contributed by atoms with Gasteiger partial charge in [0.15, 0.2) is 5.82 Å². The van der Waals surface area contributed by atoms with Gasteiger partial charge in [0.2, 0.25) is 4.96 Å². The summed E-state index contributed by atoms with van der Waals surface area (Å²) in [5.41, 5.74) is 5.67. The second-order valence-electron chi connectivity index (χ2n) is 5.96. The third kappa shape index (κ3) is 2.86. The summed E-state index contributed by atoms with van der Waals surface area (Å²) in [4.78, 5) is 0.945. The summed E-state index contributed by atoms with van der Waals surface area (Å²) in [5, 5.41) is 14.6. The molecule has 2 aromatic rings. The molecule has 2 aromatic heterocycles. The molecule has 0 bridgehead atoms. The van der Waals surface area contributed by atoms with E-state index in [0.717, 1.165) is 35.2 Å². The lowest BCUT2D eigenvalue weighted by Gasteiger charge is -2.18. The van der Waals surface area contributed by atoms with Gasteiger partial charge in [0, 0.05) is 12.3 Å². The van der Waals surface area contributed by atoms with Crippen LogP contribution >= 0.6 is 11.3 Å². The number of hydrogen-bond acceptors (Lipinski definition) is 5. The lowest BCUT2D eigenvalue weighted by atomic mass is 9.89. The first kappa shape index (κ1) is 13.9. The van der Waals surface area contributed by atoms with Crippen LogP contribution in [0.5, 0.6) is 0 Å². The molecule has 0 aromatic carbocycles. The Bertz CT molecular complexity index is 555. The monoisotopic (exact) mass is 293 g/mol. The normalized spacial score (nSPS) is 18.7. The smallest absolute Gasteiger partial charge is 0.234 e. The molecule has 1 aliphatic rings. The fourth-order valence-corrected chi connectivity index (χ4v) is 3.73. The van der Waals surface area contributed by atoms with Crippen LogP contribution in [-0.2, 0) is 6.42 Å². The quantitative estimate of drug-likeness (QED) is 0.920. The summed E-state index contributed by atoms with van der Waals surface area (Å²) >= 11 is 1.67. The minimum Gasteiger partial charge on any atom is -0.330 e. The lowest BCUT2D eigenvalue weighted by Crippen LogP contribution is -2.11. The number of aryl methyl sites for hydroxylation is 1. The van der Waals surface area contributed by atoms with E-state index < -0.39 is 0 Å². The lowest BCUT2D eigenvalue weighted by molar-refractivity contribution is 0.422. The first-order valence-corrected chi connectivity index (χ1v) is 8.50. The third-order valence-electron chi connectivity index (χ3n) is 4.28. The molecule has 1 aliphatic carbocycles. The maximum atomic E-state index is 5.67. The first-order chi connectivity index (χ1) is 9.78. The Morgan fingerprint density at radius 2 is 2.10 bits per heavy atom. The van der Waals surface area contributed by atoms with Gasteiger partial charge < -0.3 is 5.73 Å². The number of hydrogen-bond donors (Lipinski definition) is 1. The first-order valence-electron chi connectivity index (χ1n) is 7.69. The van der Waals surface area contributed by atoms with Gasteiger partial charge in [0.25, 0.3) is 0 Å². The molecule has 2 heterocycles. The van der Waals surface area contributed by atoms with Gasteiger partial charge in [0.1, 0.15) is 5.01 Å². The van der Waals surface area contributed by atoms with Gasteiger partial charge in [-0.05, 0) is 31.7 Å². The number of aromatic nitrogens is 4. The van der Waals surface area contributed by atoms with Crippen LogP contribution in [0.3, 0.4) is 0 Å². The highest BCUT2D eigenvalue weighted by molar-refractivity contribution is 7.16. The molecule has 0 aliphatic heterocycles. The van der Waals surface area contributed by atoms with Crippen LogP contribution < -0.4 is 5.73 Å². The minimum atomic E-state index is 0.552. The zero-order valence-electron chi connectivity index (χ0n) is 12.1. The van der Waals surface area contributed by atoms with Crippen LogP contribution in [0.1, 0.15) is 62.2 Å². The Labute approximate surface area is 123 Å². The molecule has 0 saturated heterocycles. The van der Waals surface area contributed by atoms with Crippen LogP contribution in [0, 0.1) is 5.92 Å². The molecule has 20 heavy (non-hydrogen) atoms. The van der Waals surface area contributed by atoms with E-state index in [1.54, 1.807) is 11.3 Å². The summed E-state index contributed by atoms with van der Waals surface area (Å²) in [6.07, 6.45) is 8.54. The molecule has 0 spiro atoms. The van der Waals surface area contributed by atoms with Crippen molar-refractivity contribution in [3.8, 4) is 0 Å². The molecule has 1 fully saturated rings. The maximum absolute atomic E-state index is 5.67. The summed E-state index contributed by atoms with van der Waals surface area (Å²) in [6.45, 7) is 2.94. The number of nitrogens with two attached hydrogens (primary N) is 1. The zero-order chi connectivity index (χ0) is 13.9. The van der Waals surface area contributed by atoms with Crippen LogP contribution in [0.15, 0.2) is 0 Å². The van der Waals surface area contributed by atoms with Crippen molar-refractivity contribution in [2.75, 3.05) is 6.54 Å². The van der Waals surface area contributed by atoms with Gasteiger partial charge >= 0.3 is 0 Å². The van der Waals surface area contributed by atoms with E-state index in [0.29, 0.717) is 11.8 Å².